The first-order valence-electron chi connectivity index (χ1n) is 6.05. The van der Waals surface area contributed by atoms with Crippen LogP contribution in [0.5, 0.6) is 0 Å². The third-order valence-corrected chi connectivity index (χ3v) is 5.12. The molecule has 0 saturated carbocycles. The Balaban J connectivity index is 2.84. The van der Waals surface area contributed by atoms with Crippen molar-refractivity contribution >= 4 is 22.0 Å². The van der Waals surface area contributed by atoms with Gasteiger partial charge in [-0.15, -0.1) is 0 Å². The van der Waals surface area contributed by atoms with Crippen LogP contribution in [0, 0.1) is 5.41 Å². The summed E-state index contributed by atoms with van der Waals surface area (Å²) in [6, 6.07) is 0. The predicted octanol–water partition coefficient (Wildman–Crippen LogP) is 0.0660. The molecule has 0 bridgehead atoms. The van der Waals surface area contributed by atoms with Crippen LogP contribution in [0.4, 0.5) is 0 Å². The maximum atomic E-state index is 11.9. The van der Waals surface area contributed by atoms with Crippen molar-refractivity contribution < 1.29 is 27.9 Å². The van der Waals surface area contributed by atoms with Gasteiger partial charge in [0.15, 0.2) is 5.75 Å². The van der Waals surface area contributed by atoms with E-state index in [0.29, 0.717) is 12.8 Å². The lowest BCUT2D eigenvalue weighted by atomic mass is 9.83. The molecule has 110 valence electrons. The van der Waals surface area contributed by atoms with Gasteiger partial charge in [-0.1, -0.05) is 13.3 Å². The average molecular weight is 293 g/mol. The Morgan fingerprint density at radius 1 is 1.42 bits per heavy atom. The van der Waals surface area contributed by atoms with E-state index in [1.165, 1.54) is 0 Å². The van der Waals surface area contributed by atoms with E-state index >= 15 is 0 Å². The molecule has 19 heavy (non-hydrogen) atoms. The molecule has 1 unspecified atom stereocenters. The Morgan fingerprint density at radius 2 is 2.05 bits per heavy atom. The van der Waals surface area contributed by atoms with Crippen LogP contribution in [0.3, 0.4) is 0 Å². The predicted molar refractivity (Wildman–Crippen MR) is 67.0 cm³/mol. The number of ether oxygens (including phenoxy) is 1. The van der Waals surface area contributed by atoms with Crippen LogP contribution < -0.4 is 0 Å². The molecule has 0 aromatic heterocycles. The number of carboxylic acids is 1. The number of hydrogen-bond donors (Lipinski definition) is 1. The van der Waals surface area contributed by atoms with Crippen molar-refractivity contribution in [3.63, 3.8) is 0 Å². The van der Waals surface area contributed by atoms with Gasteiger partial charge in [-0.05, 0) is 12.8 Å². The molecule has 8 heteroatoms. The number of nitrogens with zero attached hydrogens (tertiary/aromatic N) is 1. The minimum absolute atomic E-state index is 0.0739. The van der Waals surface area contributed by atoms with Crippen LogP contribution in [0.1, 0.15) is 26.2 Å². The Hall–Kier alpha value is -1.15. The highest BCUT2D eigenvalue weighted by Crippen LogP contribution is 2.36. The van der Waals surface area contributed by atoms with Crippen molar-refractivity contribution in [2.75, 3.05) is 26.0 Å². The standard InChI is InChI=1S/C11H19NO6S/c1-3-4-11(10(14)15)5-6-12(8-11)19(16,17)7-9(13)18-2/h3-8H2,1-2H3,(H,14,15). The van der Waals surface area contributed by atoms with Crippen LogP contribution in [0.25, 0.3) is 0 Å². The van der Waals surface area contributed by atoms with Crippen LogP contribution in [-0.4, -0.2) is 55.7 Å². The molecular weight excluding hydrogens is 274 g/mol. The molecule has 1 aliphatic heterocycles. The van der Waals surface area contributed by atoms with Crippen LogP contribution in [0.2, 0.25) is 0 Å². The summed E-state index contributed by atoms with van der Waals surface area (Å²) in [5.74, 6) is -2.57. The highest BCUT2D eigenvalue weighted by atomic mass is 32.2. The Labute approximate surface area is 112 Å². The molecule has 1 atom stereocenters. The van der Waals surface area contributed by atoms with Gasteiger partial charge in [0.2, 0.25) is 10.0 Å². The van der Waals surface area contributed by atoms with Crippen LogP contribution >= 0.6 is 0 Å². The number of methoxy groups -OCH3 is 1. The van der Waals surface area contributed by atoms with E-state index in [1.807, 2.05) is 6.92 Å². The van der Waals surface area contributed by atoms with Crippen molar-refractivity contribution in [3.05, 3.63) is 0 Å². The van der Waals surface area contributed by atoms with Gasteiger partial charge in [0, 0.05) is 13.1 Å². The summed E-state index contributed by atoms with van der Waals surface area (Å²) in [7, 11) is -2.69. The van der Waals surface area contributed by atoms with Crippen LogP contribution in [-0.2, 0) is 24.3 Å². The second-order valence-corrected chi connectivity index (χ2v) is 6.72. The van der Waals surface area contributed by atoms with E-state index in [4.69, 9.17) is 0 Å². The zero-order valence-electron chi connectivity index (χ0n) is 11.1. The van der Waals surface area contributed by atoms with Gasteiger partial charge >= 0.3 is 11.9 Å². The molecule has 0 radical (unpaired) electrons. The number of rotatable bonds is 6. The smallest absolute Gasteiger partial charge is 0.322 e. The van der Waals surface area contributed by atoms with Crippen molar-refractivity contribution in [2.45, 2.75) is 26.2 Å². The van der Waals surface area contributed by atoms with E-state index in [-0.39, 0.29) is 19.5 Å². The summed E-state index contributed by atoms with van der Waals surface area (Å²) in [6.45, 7) is 1.91. The first kappa shape index (κ1) is 15.9. The Kier molecular flexibility index (Phi) is 4.92. The van der Waals surface area contributed by atoms with E-state index in [2.05, 4.69) is 4.74 Å². The lowest BCUT2D eigenvalue weighted by Crippen LogP contribution is -2.39. The monoisotopic (exact) mass is 293 g/mol. The third-order valence-electron chi connectivity index (χ3n) is 3.42. The molecule has 0 amide bonds. The number of sulfonamides is 1. The number of carboxylic acid groups (broad SMARTS) is 1. The first-order chi connectivity index (χ1) is 8.77. The summed E-state index contributed by atoms with van der Waals surface area (Å²) in [6.07, 6.45) is 1.36. The molecule has 0 aliphatic carbocycles. The zero-order valence-corrected chi connectivity index (χ0v) is 11.9. The van der Waals surface area contributed by atoms with Gasteiger partial charge in [-0.25, -0.2) is 12.7 Å². The molecule has 0 aromatic rings. The molecule has 1 N–H and O–H groups in total. The SMILES string of the molecule is CCCC1(C(=O)O)CCN(S(=O)(=O)CC(=O)OC)C1. The molecule has 1 aliphatic rings. The maximum absolute atomic E-state index is 11.9. The second kappa shape index (κ2) is 5.87. The summed E-state index contributed by atoms with van der Waals surface area (Å²) in [4.78, 5) is 22.4. The average Bonchev–Trinajstić information content (AvgIpc) is 2.75. The van der Waals surface area contributed by atoms with E-state index < -0.39 is 33.1 Å². The molecule has 1 heterocycles. The second-order valence-electron chi connectivity index (χ2n) is 4.75. The normalized spacial score (nSPS) is 24.3. The summed E-state index contributed by atoms with van der Waals surface area (Å²) in [5.41, 5.74) is -1.03. The lowest BCUT2D eigenvalue weighted by Gasteiger charge is -2.23. The quantitative estimate of drug-likeness (QED) is 0.695. The number of aliphatic carboxylic acids is 1. The molecule has 1 fully saturated rings. The third kappa shape index (κ3) is 3.44. The molecule has 1 saturated heterocycles. The number of carbonyl (C=O) groups is 2. The van der Waals surface area contributed by atoms with Crippen molar-refractivity contribution in [2.24, 2.45) is 5.41 Å². The van der Waals surface area contributed by atoms with Gasteiger partial charge < -0.3 is 9.84 Å². The fraction of sp³-hybridized carbons (Fsp3) is 0.818. The maximum Gasteiger partial charge on any atom is 0.322 e. The molecule has 0 spiro atoms. The van der Waals surface area contributed by atoms with Crippen molar-refractivity contribution in [1.29, 1.82) is 0 Å². The Morgan fingerprint density at radius 3 is 2.53 bits per heavy atom. The summed E-state index contributed by atoms with van der Waals surface area (Å²) >= 11 is 0. The fourth-order valence-electron chi connectivity index (χ4n) is 2.34. The van der Waals surface area contributed by atoms with Gasteiger partial charge in [0.05, 0.1) is 12.5 Å². The number of hydrogen-bond acceptors (Lipinski definition) is 5. The van der Waals surface area contributed by atoms with Crippen LogP contribution in [0.15, 0.2) is 0 Å². The van der Waals surface area contributed by atoms with Crippen molar-refractivity contribution in [3.8, 4) is 0 Å². The summed E-state index contributed by atoms with van der Waals surface area (Å²) < 4.78 is 29.3. The largest absolute Gasteiger partial charge is 0.481 e. The highest BCUT2D eigenvalue weighted by molar-refractivity contribution is 7.89. The number of carbonyl (C=O) groups excluding carboxylic acids is 1. The topological polar surface area (TPSA) is 101 Å². The van der Waals surface area contributed by atoms with Gasteiger partial charge in [0.1, 0.15) is 0 Å². The van der Waals surface area contributed by atoms with Gasteiger partial charge in [0.25, 0.3) is 0 Å². The highest BCUT2D eigenvalue weighted by Gasteiger charge is 2.47. The minimum atomic E-state index is -3.80. The molecule has 1 rings (SSSR count). The molecular formula is C11H19NO6S. The number of esters is 1. The fourth-order valence-corrected chi connectivity index (χ4v) is 3.75. The first-order valence-corrected chi connectivity index (χ1v) is 7.66. The lowest BCUT2D eigenvalue weighted by molar-refractivity contribution is -0.148. The van der Waals surface area contributed by atoms with Crippen molar-refractivity contribution in [1.82, 2.24) is 4.31 Å². The molecule has 7 nitrogen and oxygen atoms in total. The summed E-state index contributed by atoms with van der Waals surface area (Å²) in [5, 5.41) is 9.29. The zero-order chi connectivity index (χ0) is 14.7. The van der Waals surface area contributed by atoms with E-state index in [9.17, 15) is 23.1 Å². The van der Waals surface area contributed by atoms with E-state index in [1.54, 1.807) is 0 Å². The van der Waals surface area contributed by atoms with Gasteiger partial charge in [-0.3, -0.25) is 9.59 Å². The Bertz CT molecular complexity index is 460. The molecule has 0 aromatic carbocycles. The van der Waals surface area contributed by atoms with Gasteiger partial charge in [-0.2, -0.15) is 0 Å². The van der Waals surface area contributed by atoms with E-state index in [0.717, 1.165) is 11.4 Å². The minimum Gasteiger partial charge on any atom is -0.481 e.